The number of carbonyl (C=O) groups excluding carboxylic acids is 2. The van der Waals surface area contributed by atoms with Crippen LogP contribution in [0.5, 0.6) is 0 Å². The molecule has 7 nitrogen and oxygen atoms in total. The second kappa shape index (κ2) is 13.1. The van der Waals surface area contributed by atoms with Crippen molar-refractivity contribution in [1.29, 1.82) is 0 Å². The third-order valence-electron chi connectivity index (χ3n) is 9.19. The van der Waals surface area contributed by atoms with Crippen LogP contribution in [0.4, 0.5) is 0 Å². The standard InChI is InChI=1S/C38H38N2O5/c41-25-26-11-13-29(14-12-26)35-22-32(24-39-19-4-1-5-20-39)44-38(45-35)30-17-15-28(16-18-30)31-8-6-7-27(21-31)23-40-36(42)33-9-2-3-10-34(33)37(40)43/h2-3,6-18,21,32,35,38,41H,1,4-5,19-20,22-25H2/t32-,35+,38+/m0/s1. The van der Waals surface area contributed by atoms with E-state index in [4.69, 9.17) is 9.47 Å². The van der Waals surface area contributed by atoms with Gasteiger partial charge in [0.25, 0.3) is 11.8 Å². The van der Waals surface area contributed by atoms with Crippen LogP contribution in [-0.4, -0.2) is 52.5 Å². The third-order valence-corrected chi connectivity index (χ3v) is 9.19. The lowest BCUT2D eigenvalue weighted by Gasteiger charge is -2.39. The molecular formula is C38H38N2O5. The van der Waals surface area contributed by atoms with Gasteiger partial charge >= 0.3 is 0 Å². The normalized spacial score (nSPS) is 22.1. The number of hydrogen-bond donors (Lipinski definition) is 1. The summed E-state index contributed by atoms with van der Waals surface area (Å²) in [5, 5.41) is 9.51. The van der Waals surface area contributed by atoms with Gasteiger partial charge in [-0.1, -0.05) is 85.3 Å². The summed E-state index contributed by atoms with van der Waals surface area (Å²) in [6.45, 7) is 3.36. The highest BCUT2D eigenvalue weighted by Gasteiger charge is 2.35. The number of ether oxygens (including phenoxy) is 2. The number of amides is 2. The van der Waals surface area contributed by atoms with E-state index in [0.717, 1.165) is 59.4 Å². The fourth-order valence-electron chi connectivity index (χ4n) is 6.71. The van der Waals surface area contributed by atoms with E-state index in [2.05, 4.69) is 41.3 Å². The van der Waals surface area contributed by atoms with Crippen molar-refractivity contribution in [1.82, 2.24) is 9.80 Å². The summed E-state index contributed by atoms with van der Waals surface area (Å²) in [7, 11) is 0. The predicted octanol–water partition coefficient (Wildman–Crippen LogP) is 6.67. The maximum atomic E-state index is 12.9. The summed E-state index contributed by atoms with van der Waals surface area (Å²) in [5.41, 5.74) is 6.78. The number of nitrogens with zero attached hydrogens (tertiary/aromatic N) is 2. The molecule has 1 N–H and O–H groups in total. The van der Waals surface area contributed by atoms with Crippen LogP contribution < -0.4 is 0 Å². The molecule has 4 aromatic carbocycles. The third kappa shape index (κ3) is 6.35. The summed E-state index contributed by atoms with van der Waals surface area (Å²) in [6.07, 6.45) is 3.99. The molecule has 2 amide bonds. The summed E-state index contributed by atoms with van der Waals surface area (Å²) < 4.78 is 13.1. The molecule has 0 unspecified atom stereocenters. The van der Waals surface area contributed by atoms with Crippen molar-refractivity contribution in [2.75, 3.05) is 19.6 Å². The fourth-order valence-corrected chi connectivity index (χ4v) is 6.71. The minimum Gasteiger partial charge on any atom is -0.392 e. The molecule has 3 aliphatic heterocycles. The molecule has 2 fully saturated rings. The smallest absolute Gasteiger partial charge is 0.261 e. The molecular weight excluding hydrogens is 564 g/mol. The zero-order valence-electron chi connectivity index (χ0n) is 25.3. The lowest BCUT2D eigenvalue weighted by molar-refractivity contribution is -0.253. The predicted molar refractivity (Wildman–Crippen MR) is 171 cm³/mol. The van der Waals surface area contributed by atoms with Crippen molar-refractivity contribution in [3.8, 4) is 11.1 Å². The van der Waals surface area contributed by atoms with Crippen molar-refractivity contribution in [3.05, 3.63) is 130 Å². The van der Waals surface area contributed by atoms with Gasteiger partial charge in [0.2, 0.25) is 0 Å². The Hall–Kier alpha value is -4.14. The number of piperidine rings is 1. The largest absolute Gasteiger partial charge is 0.392 e. The molecule has 45 heavy (non-hydrogen) atoms. The molecule has 0 radical (unpaired) electrons. The highest BCUT2D eigenvalue weighted by molar-refractivity contribution is 6.21. The molecule has 7 rings (SSSR count). The molecule has 230 valence electrons. The van der Waals surface area contributed by atoms with E-state index in [1.165, 1.54) is 24.2 Å². The summed E-state index contributed by atoms with van der Waals surface area (Å²) >= 11 is 0. The first-order chi connectivity index (χ1) is 22.1. The van der Waals surface area contributed by atoms with Crippen LogP contribution >= 0.6 is 0 Å². The number of imide groups is 1. The molecule has 3 aliphatic rings. The second-order valence-corrected chi connectivity index (χ2v) is 12.3. The number of hydrogen-bond acceptors (Lipinski definition) is 6. The minimum absolute atomic E-state index is 0.0210. The highest BCUT2D eigenvalue weighted by atomic mass is 16.7. The average molecular weight is 603 g/mol. The van der Waals surface area contributed by atoms with E-state index in [1.807, 2.05) is 36.4 Å². The van der Waals surface area contributed by atoms with Gasteiger partial charge in [0.15, 0.2) is 6.29 Å². The molecule has 7 heteroatoms. The average Bonchev–Trinajstić information content (AvgIpc) is 3.33. The van der Waals surface area contributed by atoms with Crippen LogP contribution in [0.25, 0.3) is 11.1 Å². The van der Waals surface area contributed by atoms with Gasteiger partial charge < -0.3 is 19.5 Å². The lowest BCUT2D eigenvalue weighted by Crippen LogP contribution is -2.41. The zero-order valence-corrected chi connectivity index (χ0v) is 25.3. The SMILES string of the molecule is O=C1c2ccccc2C(=O)N1Cc1cccc(-c2ccc([C@@H]3O[C@H](CN4CCCCC4)C[C@H](c4ccc(CO)cc4)O3)cc2)c1. The number of aliphatic hydroxyl groups is 1. The first-order valence-corrected chi connectivity index (χ1v) is 15.9. The summed E-state index contributed by atoms with van der Waals surface area (Å²) in [4.78, 5) is 29.6. The highest BCUT2D eigenvalue weighted by Crippen LogP contribution is 2.39. The van der Waals surface area contributed by atoms with Crippen molar-refractivity contribution < 1.29 is 24.2 Å². The maximum Gasteiger partial charge on any atom is 0.261 e. The molecule has 0 spiro atoms. The zero-order chi connectivity index (χ0) is 30.8. The van der Waals surface area contributed by atoms with Gasteiger partial charge in [0.05, 0.1) is 36.5 Å². The van der Waals surface area contributed by atoms with E-state index >= 15 is 0 Å². The van der Waals surface area contributed by atoms with Crippen molar-refractivity contribution in [3.63, 3.8) is 0 Å². The second-order valence-electron chi connectivity index (χ2n) is 12.3. The number of likely N-dealkylation sites (tertiary alicyclic amines) is 1. The summed E-state index contributed by atoms with van der Waals surface area (Å²) in [6, 6.07) is 31.2. The van der Waals surface area contributed by atoms with Crippen LogP contribution in [0.15, 0.2) is 97.1 Å². The molecule has 0 aromatic heterocycles. The minimum atomic E-state index is -0.495. The van der Waals surface area contributed by atoms with Crippen LogP contribution in [0, 0.1) is 0 Å². The monoisotopic (exact) mass is 602 g/mol. The lowest BCUT2D eigenvalue weighted by atomic mass is 9.98. The molecule has 4 aromatic rings. The molecule has 2 saturated heterocycles. The molecule has 0 bridgehead atoms. The van der Waals surface area contributed by atoms with Crippen LogP contribution in [0.3, 0.4) is 0 Å². The van der Waals surface area contributed by atoms with Gasteiger partial charge in [-0.05, 0) is 71.9 Å². The van der Waals surface area contributed by atoms with Gasteiger partial charge in [-0.15, -0.1) is 0 Å². The maximum absolute atomic E-state index is 12.9. The number of rotatable bonds is 8. The Morgan fingerprint density at radius 3 is 2.07 bits per heavy atom. The Morgan fingerprint density at radius 1 is 0.689 bits per heavy atom. The van der Waals surface area contributed by atoms with Crippen LogP contribution in [0.1, 0.15) is 81.0 Å². The molecule has 3 atom stereocenters. The first kappa shape index (κ1) is 29.6. The van der Waals surface area contributed by atoms with Gasteiger partial charge in [-0.3, -0.25) is 14.5 Å². The Bertz CT molecular complexity index is 1630. The van der Waals surface area contributed by atoms with E-state index < -0.39 is 6.29 Å². The van der Waals surface area contributed by atoms with Gasteiger partial charge in [-0.25, -0.2) is 0 Å². The summed E-state index contributed by atoms with van der Waals surface area (Å²) in [5.74, 6) is -0.502. The Kier molecular flexibility index (Phi) is 8.59. The van der Waals surface area contributed by atoms with Crippen molar-refractivity contribution in [2.24, 2.45) is 0 Å². The number of fused-ring (bicyclic) bond motifs is 1. The quantitative estimate of drug-likeness (QED) is 0.227. The number of benzene rings is 4. The van der Waals surface area contributed by atoms with Crippen molar-refractivity contribution >= 4 is 11.8 Å². The van der Waals surface area contributed by atoms with Crippen LogP contribution in [0.2, 0.25) is 0 Å². The Labute approximate surface area is 264 Å². The van der Waals surface area contributed by atoms with E-state index in [0.29, 0.717) is 11.1 Å². The van der Waals surface area contributed by atoms with E-state index in [9.17, 15) is 14.7 Å². The number of aliphatic hydroxyl groups excluding tert-OH is 1. The van der Waals surface area contributed by atoms with E-state index in [1.54, 1.807) is 24.3 Å². The van der Waals surface area contributed by atoms with Gasteiger partial charge in [0, 0.05) is 18.5 Å². The molecule has 3 heterocycles. The van der Waals surface area contributed by atoms with Crippen LogP contribution in [-0.2, 0) is 22.6 Å². The fraction of sp³-hybridized carbons (Fsp3) is 0.316. The Balaban J connectivity index is 1.08. The molecule has 0 aliphatic carbocycles. The van der Waals surface area contributed by atoms with Crippen molar-refractivity contribution in [2.45, 2.75) is 57.3 Å². The first-order valence-electron chi connectivity index (χ1n) is 15.9. The molecule has 0 saturated carbocycles. The van der Waals surface area contributed by atoms with E-state index in [-0.39, 0.29) is 37.2 Å². The van der Waals surface area contributed by atoms with Gasteiger partial charge in [-0.2, -0.15) is 0 Å². The van der Waals surface area contributed by atoms with Gasteiger partial charge in [0.1, 0.15) is 0 Å². The number of carbonyl (C=O) groups is 2. The Morgan fingerprint density at radius 2 is 1.38 bits per heavy atom. The topological polar surface area (TPSA) is 79.3 Å².